The Morgan fingerprint density at radius 1 is 0.907 bits per heavy atom. The molecule has 8 nitrogen and oxygen atoms in total. The molecule has 0 fully saturated rings. The van der Waals surface area contributed by atoms with E-state index in [1.807, 2.05) is 31.3 Å². The van der Waals surface area contributed by atoms with E-state index in [0.717, 1.165) is 59.4 Å². The first-order chi connectivity index (χ1) is 20.7. The molecule has 2 aromatic heterocycles. The van der Waals surface area contributed by atoms with Crippen molar-refractivity contribution in [3.05, 3.63) is 102 Å². The second-order valence-corrected chi connectivity index (χ2v) is 11.7. The van der Waals surface area contributed by atoms with Crippen molar-refractivity contribution in [2.75, 3.05) is 39.0 Å². The number of sulfonamides is 1. The highest BCUT2D eigenvalue weighted by atomic mass is 32.2. The summed E-state index contributed by atoms with van der Waals surface area (Å²) >= 11 is 0. The van der Waals surface area contributed by atoms with Crippen LogP contribution >= 0.6 is 0 Å². The van der Waals surface area contributed by atoms with Crippen LogP contribution in [0.15, 0.2) is 90.1 Å². The Kier molecular flexibility index (Phi) is 8.95. The molecular formula is C32H31F2N5O3S. The minimum Gasteiger partial charge on any atom is -0.480 e. The summed E-state index contributed by atoms with van der Waals surface area (Å²) < 4.78 is 61.2. The fourth-order valence-corrected chi connectivity index (χ4v) is 5.91. The molecule has 0 spiro atoms. The van der Waals surface area contributed by atoms with Gasteiger partial charge in [0, 0.05) is 49.0 Å². The molecule has 222 valence electrons. The van der Waals surface area contributed by atoms with Gasteiger partial charge in [0.05, 0.1) is 12.6 Å². The number of rotatable bonds is 11. The number of pyridine rings is 2. The predicted molar refractivity (Wildman–Crippen MR) is 164 cm³/mol. The Hall–Kier alpha value is -4.45. The normalized spacial score (nSPS) is 11.7. The monoisotopic (exact) mass is 603 g/mol. The van der Waals surface area contributed by atoms with E-state index in [1.165, 1.54) is 12.7 Å². The number of methoxy groups -OCH3 is 1. The van der Waals surface area contributed by atoms with E-state index in [0.29, 0.717) is 11.6 Å². The zero-order valence-electron chi connectivity index (χ0n) is 23.9. The Morgan fingerprint density at radius 2 is 1.67 bits per heavy atom. The highest BCUT2D eigenvalue weighted by Gasteiger charge is 2.22. The van der Waals surface area contributed by atoms with Crippen LogP contribution in [0.2, 0.25) is 0 Å². The Bertz CT molecular complexity index is 1870. The molecule has 0 radical (unpaired) electrons. The van der Waals surface area contributed by atoms with Crippen LogP contribution in [0.3, 0.4) is 0 Å². The van der Waals surface area contributed by atoms with Gasteiger partial charge in [-0.05, 0) is 72.7 Å². The summed E-state index contributed by atoms with van der Waals surface area (Å²) in [5.41, 5.74) is 5.39. The van der Waals surface area contributed by atoms with Crippen LogP contribution in [0.4, 0.5) is 14.5 Å². The molecule has 0 atom stereocenters. The summed E-state index contributed by atoms with van der Waals surface area (Å²) in [6.07, 6.45) is 3.33. The third kappa shape index (κ3) is 6.80. The lowest BCUT2D eigenvalue weighted by Crippen LogP contribution is -2.26. The number of fused-ring (bicyclic) bond motifs is 1. The van der Waals surface area contributed by atoms with Crippen molar-refractivity contribution >= 4 is 26.6 Å². The maximum absolute atomic E-state index is 14.3. The van der Waals surface area contributed by atoms with Crippen LogP contribution in [-0.2, 0) is 16.6 Å². The first-order valence-electron chi connectivity index (χ1n) is 13.5. The topological polar surface area (TPSA) is 96.4 Å². The summed E-state index contributed by atoms with van der Waals surface area (Å²) in [5, 5.41) is 4.07. The molecule has 5 aromatic rings. The summed E-state index contributed by atoms with van der Waals surface area (Å²) in [7, 11) is 0.965. The van der Waals surface area contributed by atoms with Gasteiger partial charge in [0.1, 0.15) is 22.2 Å². The Morgan fingerprint density at radius 3 is 2.40 bits per heavy atom. The van der Waals surface area contributed by atoms with Crippen molar-refractivity contribution in [2.45, 2.75) is 11.4 Å². The fraction of sp³-hybridized carbons (Fsp3) is 0.188. The molecule has 11 heteroatoms. The molecule has 0 aliphatic carbocycles. The number of aromatic nitrogens is 2. The lowest BCUT2D eigenvalue weighted by molar-refractivity contribution is 0.328. The number of benzene rings is 3. The van der Waals surface area contributed by atoms with Crippen LogP contribution in [0.1, 0.15) is 5.56 Å². The van der Waals surface area contributed by atoms with E-state index in [-0.39, 0.29) is 11.6 Å². The van der Waals surface area contributed by atoms with Gasteiger partial charge in [-0.25, -0.2) is 22.2 Å². The standard InChI is InChI=1S/C32H31F2N5O3S/c1-35-14-15-39(2)20-21-4-6-22(7-5-21)26-12-13-36-29-10-8-23(16-27(26)29)24-17-30(32(42-3)37-19-24)38-43(40,41)31-11-9-25(33)18-28(31)34/h4-13,16-19,35,38H,14-15,20H2,1-3H3. The Labute approximate surface area is 249 Å². The van der Waals surface area contributed by atoms with E-state index in [4.69, 9.17) is 4.74 Å². The lowest BCUT2D eigenvalue weighted by Gasteiger charge is -2.16. The first-order valence-corrected chi connectivity index (χ1v) is 15.0. The Balaban J connectivity index is 1.48. The largest absolute Gasteiger partial charge is 0.480 e. The molecule has 0 bridgehead atoms. The van der Waals surface area contributed by atoms with Crippen molar-refractivity contribution in [3.8, 4) is 28.1 Å². The van der Waals surface area contributed by atoms with Crippen LogP contribution in [0, 0.1) is 11.6 Å². The van der Waals surface area contributed by atoms with Gasteiger partial charge in [-0.1, -0.05) is 30.3 Å². The molecule has 2 N–H and O–H groups in total. The quantitative estimate of drug-likeness (QED) is 0.200. The molecule has 43 heavy (non-hydrogen) atoms. The summed E-state index contributed by atoms with van der Waals surface area (Å²) in [6.45, 7) is 2.71. The second kappa shape index (κ2) is 12.8. The van der Waals surface area contributed by atoms with E-state index >= 15 is 0 Å². The highest BCUT2D eigenvalue weighted by molar-refractivity contribution is 7.92. The van der Waals surface area contributed by atoms with Crippen LogP contribution < -0.4 is 14.8 Å². The second-order valence-electron chi connectivity index (χ2n) is 10.1. The molecular weight excluding hydrogens is 572 g/mol. The number of halogens is 2. The van der Waals surface area contributed by atoms with Crippen molar-refractivity contribution < 1.29 is 21.9 Å². The molecule has 0 aliphatic rings. The number of nitrogens with zero attached hydrogens (tertiary/aromatic N) is 3. The van der Waals surface area contributed by atoms with E-state index in [1.54, 1.807) is 18.5 Å². The van der Waals surface area contributed by atoms with Gasteiger partial charge in [0.15, 0.2) is 0 Å². The third-order valence-corrected chi connectivity index (χ3v) is 8.41. The number of ether oxygens (including phenoxy) is 1. The van der Waals surface area contributed by atoms with Gasteiger partial charge in [0.2, 0.25) is 5.88 Å². The van der Waals surface area contributed by atoms with Gasteiger partial charge >= 0.3 is 0 Å². The van der Waals surface area contributed by atoms with Gasteiger partial charge in [0.25, 0.3) is 10.0 Å². The van der Waals surface area contributed by atoms with Crippen molar-refractivity contribution in [1.82, 2.24) is 20.2 Å². The van der Waals surface area contributed by atoms with Gasteiger partial charge in [-0.2, -0.15) is 0 Å². The number of hydrogen-bond acceptors (Lipinski definition) is 7. The maximum Gasteiger partial charge on any atom is 0.264 e. The van der Waals surface area contributed by atoms with Crippen LogP contribution in [0.25, 0.3) is 33.2 Å². The molecule has 0 amide bonds. The maximum atomic E-state index is 14.3. The van der Waals surface area contributed by atoms with Crippen molar-refractivity contribution in [2.24, 2.45) is 0 Å². The minimum absolute atomic E-state index is 0.00492. The van der Waals surface area contributed by atoms with Crippen molar-refractivity contribution in [3.63, 3.8) is 0 Å². The van der Waals surface area contributed by atoms with E-state index < -0.39 is 26.6 Å². The summed E-state index contributed by atoms with van der Waals surface area (Å²) in [6, 6.07) is 19.9. The molecule has 0 aliphatic heterocycles. The first kappa shape index (κ1) is 30.0. The molecule has 5 rings (SSSR count). The van der Waals surface area contributed by atoms with Crippen molar-refractivity contribution in [1.29, 1.82) is 0 Å². The third-order valence-electron chi connectivity index (χ3n) is 7.01. The van der Waals surface area contributed by atoms with Crippen LogP contribution in [-0.4, -0.2) is 57.6 Å². The van der Waals surface area contributed by atoms with E-state index in [2.05, 4.69) is 56.2 Å². The summed E-state index contributed by atoms with van der Waals surface area (Å²) in [4.78, 5) is 10.4. The van der Waals surface area contributed by atoms with E-state index in [9.17, 15) is 17.2 Å². The predicted octanol–water partition coefficient (Wildman–Crippen LogP) is 5.70. The van der Waals surface area contributed by atoms with Crippen LogP contribution in [0.5, 0.6) is 5.88 Å². The SMILES string of the molecule is CNCCN(C)Cc1ccc(-c2ccnc3ccc(-c4cnc(OC)c(NS(=O)(=O)c5ccc(F)cc5F)c4)cc23)cc1. The average molecular weight is 604 g/mol. The molecule has 0 saturated carbocycles. The lowest BCUT2D eigenvalue weighted by atomic mass is 9.97. The van der Waals surface area contributed by atoms with Gasteiger partial charge in [-0.15, -0.1) is 0 Å². The number of nitrogens with one attached hydrogen (secondary N) is 2. The molecule has 0 unspecified atom stereocenters. The molecule has 2 heterocycles. The highest BCUT2D eigenvalue weighted by Crippen LogP contribution is 2.34. The zero-order chi connectivity index (χ0) is 30.6. The number of anilines is 1. The van der Waals surface area contributed by atoms with Gasteiger partial charge in [-0.3, -0.25) is 9.71 Å². The smallest absolute Gasteiger partial charge is 0.264 e. The molecule has 3 aromatic carbocycles. The minimum atomic E-state index is -4.41. The fourth-order valence-electron chi connectivity index (χ4n) is 4.80. The zero-order valence-corrected chi connectivity index (χ0v) is 24.8. The van der Waals surface area contributed by atoms with Gasteiger partial charge < -0.3 is 15.0 Å². The average Bonchev–Trinajstić information content (AvgIpc) is 2.99. The summed E-state index contributed by atoms with van der Waals surface area (Å²) in [5.74, 6) is -2.10. The number of likely N-dealkylation sites (N-methyl/N-ethyl adjacent to an activating group) is 2. The molecule has 0 saturated heterocycles. The number of hydrogen-bond donors (Lipinski definition) is 2.